The van der Waals surface area contributed by atoms with E-state index < -0.39 is 0 Å². The van der Waals surface area contributed by atoms with Gasteiger partial charge >= 0.3 is 0 Å². The predicted octanol–water partition coefficient (Wildman–Crippen LogP) is 3.71. The lowest BCUT2D eigenvalue weighted by atomic mass is 10.1. The van der Waals surface area contributed by atoms with E-state index >= 15 is 0 Å². The lowest BCUT2D eigenvalue weighted by Gasteiger charge is -2.19. The van der Waals surface area contributed by atoms with E-state index in [9.17, 15) is 4.79 Å². The summed E-state index contributed by atoms with van der Waals surface area (Å²) in [6, 6.07) is 13.8. The first-order chi connectivity index (χ1) is 12.1. The maximum absolute atomic E-state index is 11.7. The number of hydrogen-bond donors (Lipinski definition) is 1. The van der Waals surface area contributed by atoms with Gasteiger partial charge in [-0.2, -0.15) is 5.26 Å². The monoisotopic (exact) mass is 350 g/mol. The number of aromatic amines is 1. The fourth-order valence-corrected chi connectivity index (χ4v) is 3.51. The minimum Gasteiger partial charge on any atom is -0.344 e. The summed E-state index contributed by atoms with van der Waals surface area (Å²) in [6.07, 6.45) is 0. The second kappa shape index (κ2) is 7.32. The molecule has 5 nitrogen and oxygen atoms in total. The highest BCUT2D eigenvalue weighted by Crippen LogP contribution is 2.29. The Morgan fingerprint density at radius 3 is 2.76 bits per heavy atom. The molecule has 126 valence electrons. The molecule has 2 aromatic heterocycles. The van der Waals surface area contributed by atoms with Crippen molar-refractivity contribution in [3.05, 3.63) is 69.0 Å². The molecule has 0 aliphatic carbocycles. The maximum atomic E-state index is 11.7. The van der Waals surface area contributed by atoms with Crippen LogP contribution < -0.4 is 10.5 Å². The smallest absolute Gasteiger partial charge is 0.266 e. The Labute approximate surface area is 150 Å². The van der Waals surface area contributed by atoms with Crippen LogP contribution >= 0.6 is 11.3 Å². The van der Waals surface area contributed by atoms with Crippen LogP contribution in [0.4, 0.5) is 5.13 Å². The van der Waals surface area contributed by atoms with Gasteiger partial charge in [-0.1, -0.05) is 30.3 Å². The highest BCUT2D eigenvalue weighted by Gasteiger charge is 2.14. The average molecular weight is 350 g/mol. The van der Waals surface area contributed by atoms with Gasteiger partial charge in [0.05, 0.1) is 5.69 Å². The van der Waals surface area contributed by atoms with E-state index in [2.05, 4.69) is 28.9 Å². The van der Waals surface area contributed by atoms with Crippen LogP contribution in [0.25, 0.3) is 11.3 Å². The van der Waals surface area contributed by atoms with Crippen molar-refractivity contribution in [3.8, 4) is 17.3 Å². The molecule has 0 amide bonds. The Morgan fingerprint density at radius 2 is 2.08 bits per heavy atom. The van der Waals surface area contributed by atoms with Crippen LogP contribution in [-0.2, 0) is 6.54 Å². The molecule has 6 heteroatoms. The van der Waals surface area contributed by atoms with Gasteiger partial charge in [0, 0.05) is 29.7 Å². The number of pyridine rings is 1. The third-order valence-electron chi connectivity index (χ3n) is 4.00. The van der Waals surface area contributed by atoms with Crippen molar-refractivity contribution in [2.45, 2.75) is 20.4 Å². The molecule has 0 bridgehead atoms. The lowest BCUT2D eigenvalue weighted by Crippen LogP contribution is -2.21. The van der Waals surface area contributed by atoms with Gasteiger partial charge < -0.3 is 9.88 Å². The summed E-state index contributed by atoms with van der Waals surface area (Å²) in [4.78, 5) is 21.4. The summed E-state index contributed by atoms with van der Waals surface area (Å²) in [5, 5.41) is 12.0. The van der Waals surface area contributed by atoms with E-state index in [1.807, 2.05) is 36.6 Å². The fourth-order valence-electron chi connectivity index (χ4n) is 2.62. The van der Waals surface area contributed by atoms with E-state index in [0.29, 0.717) is 5.69 Å². The van der Waals surface area contributed by atoms with E-state index in [1.165, 1.54) is 5.56 Å². The molecular formula is C19H18N4OS. The van der Waals surface area contributed by atoms with Crippen molar-refractivity contribution in [2.24, 2.45) is 0 Å². The molecule has 0 fully saturated rings. The normalized spacial score (nSPS) is 10.4. The number of anilines is 1. The number of thiazole rings is 1. The quantitative estimate of drug-likeness (QED) is 0.761. The van der Waals surface area contributed by atoms with E-state index in [0.717, 1.165) is 29.5 Å². The molecule has 1 N–H and O–H groups in total. The Bertz CT molecular complexity index is 969. The van der Waals surface area contributed by atoms with Crippen LogP contribution in [0.3, 0.4) is 0 Å². The van der Waals surface area contributed by atoms with E-state index in [-0.39, 0.29) is 11.1 Å². The second-order valence-corrected chi connectivity index (χ2v) is 6.51. The van der Waals surface area contributed by atoms with Crippen molar-refractivity contribution < 1.29 is 0 Å². The van der Waals surface area contributed by atoms with E-state index in [4.69, 9.17) is 10.2 Å². The molecule has 0 unspecified atom stereocenters. The van der Waals surface area contributed by atoms with Crippen LogP contribution in [0, 0.1) is 18.3 Å². The van der Waals surface area contributed by atoms with Gasteiger partial charge in [-0.3, -0.25) is 4.79 Å². The zero-order chi connectivity index (χ0) is 17.8. The summed E-state index contributed by atoms with van der Waals surface area (Å²) in [7, 11) is 0. The first-order valence-corrected chi connectivity index (χ1v) is 8.89. The van der Waals surface area contributed by atoms with Crippen LogP contribution in [0.15, 0.2) is 46.6 Å². The van der Waals surface area contributed by atoms with Crippen molar-refractivity contribution in [3.63, 3.8) is 0 Å². The van der Waals surface area contributed by atoms with Crippen molar-refractivity contribution in [1.82, 2.24) is 9.97 Å². The highest BCUT2D eigenvalue weighted by atomic mass is 32.1. The first-order valence-electron chi connectivity index (χ1n) is 8.01. The maximum Gasteiger partial charge on any atom is 0.266 e. The van der Waals surface area contributed by atoms with Gasteiger partial charge in [0.25, 0.3) is 5.56 Å². The minimum atomic E-state index is -0.363. The van der Waals surface area contributed by atoms with Crippen LogP contribution in [0.5, 0.6) is 0 Å². The molecule has 3 rings (SSSR count). The van der Waals surface area contributed by atoms with Gasteiger partial charge in [-0.25, -0.2) is 4.98 Å². The van der Waals surface area contributed by atoms with Gasteiger partial charge in [-0.05, 0) is 25.5 Å². The topological polar surface area (TPSA) is 72.8 Å². The zero-order valence-corrected chi connectivity index (χ0v) is 14.9. The summed E-state index contributed by atoms with van der Waals surface area (Å²) in [6.45, 7) is 5.55. The number of aryl methyl sites for hydroxylation is 1. The van der Waals surface area contributed by atoms with Crippen LogP contribution in [0.1, 0.15) is 23.7 Å². The standard InChI is InChI=1S/C19H18N4OS/c1-3-23(11-14-7-5-4-6-8-14)19-22-17(12-25-19)16-9-15(10-20)18(24)21-13(16)2/h4-9,12H,3,11H2,1-2H3,(H,21,24). The van der Waals surface area contributed by atoms with Crippen molar-refractivity contribution >= 4 is 16.5 Å². The molecule has 1 aromatic carbocycles. The number of rotatable bonds is 5. The lowest BCUT2D eigenvalue weighted by molar-refractivity contribution is 0.827. The molecule has 2 heterocycles. The number of nitriles is 1. The molecular weight excluding hydrogens is 332 g/mol. The minimum absolute atomic E-state index is 0.104. The largest absolute Gasteiger partial charge is 0.344 e. The molecule has 25 heavy (non-hydrogen) atoms. The number of aromatic nitrogens is 2. The molecule has 0 spiro atoms. The van der Waals surface area contributed by atoms with Gasteiger partial charge in [0.2, 0.25) is 0 Å². The summed E-state index contributed by atoms with van der Waals surface area (Å²) in [5.41, 5.74) is 3.25. The Balaban J connectivity index is 1.92. The molecule has 0 saturated heterocycles. The Kier molecular flexibility index (Phi) is 4.96. The molecule has 0 radical (unpaired) electrons. The Hall–Kier alpha value is -2.91. The number of nitrogens with zero attached hydrogens (tertiary/aromatic N) is 3. The first kappa shape index (κ1) is 16.9. The van der Waals surface area contributed by atoms with E-state index in [1.54, 1.807) is 17.4 Å². The second-order valence-electron chi connectivity index (χ2n) is 5.68. The molecule has 0 atom stereocenters. The summed E-state index contributed by atoms with van der Waals surface area (Å²) >= 11 is 1.56. The number of H-pyrrole nitrogens is 1. The van der Waals surface area contributed by atoms with Gasteiger partial charge in [0.15, 0.2) is 5.13 Å². The third kappa shape index (κ3) is 3.62. The van der Waals surface area contributed by atoms with Crippen LogP contribution in [-0.4, -0.2) is 16.5 Å². The van der Waals surface area contributed by atoms with Crippen molar-refractivity contribution in [1.29, 1.82) is 5.26 Å². The molecule has 3 aromatic rings. The number of nitrogens with one attached hydrogen (secondary N) is 1. The molecule has 0 aliphatic rings. The Morgan fingerprint density at radius 1 is 1.32 bits per heavy atom. The average Bonchev–Trinajstić information content (AvgIpc) is 3.10. The summed E-state index contributed by atoms with van der Waals surface area (Å²) < 4.78 is 0. The SMILES string of the molecule is CCN(Cc1ccccc1)c1nc(-c2cc(C#N)c(=O)[nH]c2C)cs1. The van der Waals surface area contributed by atoms with Crippen LogP contribution in [0.2, 0.25) is 0 Å². The van der Waals surface area contributed by atoms with Gasteiger partial charge in [0.1, 0.15) is 11.6 Å². The highest BCUT2D eigenvalue weighted by molar-refractivity contribution is 7.14. The summed E-state index contributed by atoms with van der Waals surface area (Å²) in [5.74, 6) is 0. The predicted molar refractivity (Wildman–Crippen MR) is 101 cm³/mol. The number of hydrogen-bond acceptors (Lipinski definition) is 5. The number of benzene rings is 1. The third-order valence-corrected chi connectivity index (χ3v) is 4.90. The molecule has 0 aliphatic heterocycles. The fraction of sp³-hybridized carbons (Fsp3) is 0.211. The van der Waals surface area contributed by atoms with Gasteiger partial charge in [-0.15, -0.1) is 11.3 Å². The van der Waals surface area contributed by atoms with Crippen molar-refractivity contribution in [2.75, 3.05) is 11.4 Å². The zero-order valence-electron chi connectivity index (χ0n) is 14.1. The molecule has 0 saturated carbocycles.